The Morgan fingerprint density at radius 1 is 1.12 bits per heavy atom. The summed E-state index contributed by atoms with van der Waals surface area (Å²) in [4.78, 5) is 4.29. The molecular weight excluding hydrogens is 196 g/mol. The van der Waals surface area contributed by atoms with Gasteiger partial charge in [0.05, 0.1) is 5.69 Å². The average molecular weight is 214 g/mol. The highest BCUT2D eigenvalue weighted by atomic mass is 14.7. The summed E-state index contributed by atoms with van der Waals surface area (Å²) in [6.07, 6.45) is 1.89. The zero-order valence-electron chi connectivity index (χ0n) is 10.1. The molecule has 0 aliphatic rings. The van der Waals surface area contributed by atoms with Crippen LogP contribution in [0.15, 0.2) is 30.5 Å². The third-order valence-corrected chi connectivity index (χ3v) is 2.85. The van der Waals surface area contributed by atoms with Gasteiger partial charge < -0.3 is 5.73 Å². The van der Waals surface area contributed by atoms with Crippen molar-refractivity contribution in [2.45, 2.75) is 32.7 Å². The van der Waals surface area contributed by atoms with Crippen LogP contribution in [0.5, 0.6) is 0 Å². The molecule has 0 bridgehead atoms. The van der Waals surface area contributed by atoms with E-state index < -0.39 is 0 Å². The number of aromatic nitrogens is 1. The van der Waals surface area contributed by atoms with Gasteiger partial charge in [-0.05, 0) is 22.4 Å². The van der Waals surface area contributed by atoms with Crippen molar-refractivity contribution in [3.8, 4) is 0 Å². The molecule has 2 aromatic rings. The molecule has 1 aromatic heterocycles. The van der Waals surface area contributed by atoms with E-state index >= 15 is 0 Å². The standard InChI is InChI=1S/C14H18N2/c1-14(2,3)12-5-4-10-9-16-13(8-15)7-11(10)6-12/h4-7,9H,8,15H2,1-3H3. The van der Waals surface area contributed by atoms with Crippen molar-refractivity contribution in [1.82, 2.24) is 4.98 Å². The predicted molar refractivity (Wildman–Crippen MR) is 68.3 cm³/mol. The molecule has 1 aromatic carbocycles. The molecule has 2 N–H and O–H groups in total. The molecule has 2 heteroatoms. The Balaban J connectivity index is 2.59. The van der Waals surface area contributed by atoms with Crippen LogP contribution in [-0.4, -0.2) is 4.98 Å². The van der Waals surface area contributed by atoms with Crippen molar-refractivity contribution in [2.75, 3.05) is 0 Å². The summed E-state index contributed by atoms with van der Waals surface area (Å²) in [7, 11) is 0. The van der Waals surface area contributed by atoms with Gasteiger partial charge in [-0.15, -0.1) is 0 Å². The lowest BCUT2D eigenvalue weighted by Gasteiger charge is -2.19. The third kappa shape index (κ3) is 2.07. The normalized spacial score (nSPS) is 12.0. The first-order valence-corrected chi connectivity index (χ1v) is 5.60. The zero-order chi connectivity index (χ0) is 11.8. The predicted octanol–water partition coefficient (Wildman–Crippen LogP) is 2.99. The van der Waals surface area contributed by atoms with E-state index in [1.54, 1.807) is 0 Å². The highest BCUT2D eigenvalue weighted by Crippen LogP contribution is 2.25. The minimum Gasteiger partial charge on any atom is -0.325 e. The van der Waals surface area contributed by atoms with Crippen molar-refractivity contribution < 1.29 is 0 Å². The summed E-state index contributed by atoms with van der Waals surface area (Å²) < 4.78 is 0. The number of nitrogens with two attached hydrogens (primary N) is 1. The lowest BCUT2D eigenvalue weighted by molar-refractivity contribution is 0.591. The number of pyridine rings is 1. The summed E-state index contributed by atoms with van der Waals surface area (Å²) in [6, 6.07) is 8.61. The lowest BCUT2D eigenvalue weighted by atomic mass is 9.86. The maximum Gasteiger partial charge on any atom is 0.0545 e. The summed E-state index contributed by atoms with van der Waals surface area (Å²) in [5.41, 5.74) is 8.07. The largest absolute Gasteiger partial charge is 0.325 e. The fourth-order valence-corrected chi connectivity index (χ4v) is 1.76. The van der Waals surface area contributed by atoms with Gasteiger partial charge in [-0.1, -0.05) is 39.0 Å². The molecule has 0 atom stereocenters. The molecule has 0 fully saturated rings. The van der Waals surface area contributed by atoms with Gasteiger partial charge in [0.25, 0.3) is 0 Å². The molecule has 16 heavy (non-hydrogen) atoms. The van der Waals surface area contributed by atoms with Crippen molar-refractivity contribution in [3.63, 3.8) is 0 Å². The Morgan fingerprint density at radius 2 is 1.88 bits per heavy atom. The van der Waals surface area contributed by atoms with E-state index in [1.807, 2.05) is 6.20 Å². The summed E-state index contributed by atoms with van der Waals surface area (Å²) in [6.45, 7) is 7.16. The molecule has 0 radical (unpaired) electrons. The van der Waals surface area contributed by atoms with Gasteiger partial charge in [-0.3, -0.25) is 4.98 Å². The molecule has 0 amide bonds. The van der Waals surface area contributed by atoms with Gasteiger partial charge in [0.2, 0.25) is 0 Å². The SMILES string of the molecule is CC(C)(C)c1ccc2cnc(CN)cc2c1. The topological polar surface area (TPSA) is 38.9 Å². The van der Waals surface area contributed by atoms with E-state index in [9.17, 15) is 0 Å². The van der Waals surface area contributed by atoms with Crippen LogP contribution in [0.1, 0.15) is 32.0 Å². The number of benzene rings is 1. The summed E-state index contributed by atoms with van der Waals surface area (Å²) in [5.74, 6) is 0. The highest BCUT2D eigenvalue weighted by molar-refractivity contribution is 5.82. The van der Waals surface area contributed by atoms with Crippen LogP contribution >= 0.6 is 0 Å². The van der Waals surface area contributed by atoms with Crippen molar-refractivity contribution in [1.29, 1.82) is 0 Å². The van der Waals surface area contributed by atoms with Crippen LogP contribution in [0.3, 0.4) is 0 Å². The molecule has 0 spiro atoms. The van der Waals surface area contributed by atoms with Crippen LogP contribution < -0.4 is 5.73 Å². The van der Waals surface area contributed by atoms with Gasteiger partial charge >= 0.3 is 0 Å². The number of fused-ring (bicyclic) bond motifs is 1. The highest BCUT2D eigenvalue weighted by Gasteiger charge is 2.13. The zero-order valence-corrected chi connectivity index (χ0v) is 10.1. The second kappa shape index (κ2) is 3.87. The monoisotopic (exact) mass is 214 g/mol. The molecule has 0 aliphatic heterocycles. The smallest absolute Gasteiger partial charge is 0.0545 e. The first kappa shape index (κ1) is 11.1. The Kier molecular flexibility index (Phi) is 2.68. The fourth-order valence-electron chi connectivity index (χ4n) is 1.76. The Morgan fingerprint density at radius 3 is 2.50 bits per heavy atom. The van der Waals surface area contributed by atoms with E-state index in [2.05, 4.69) is 50.0 Å². The van der Waals surface area contributed by atoms with Crippen LogP contribution in [0.25, 0.3) is 10.8 Å². The molecule has 1 heterocycles. The first-order chi connectivity index (χ1) is 7.50. The van der Waals surface area contributed by atoms with Crippen molar-refractivity contribution in [3.05, 3.63) is 41.7 Å². The van der Waals surface area contributed by atoms with Crippen molar-refractivity contribution in [2.24, 2.45) is 5.73 Å². The molecule has 2 nitrogen and oxygen atoms in total. The van der Waals surface area contributed by atoms with Crippen LogP contribution in [0.2, 0.25) is 0 Å². The number of hydrogen-bond acceptors (Lipinski definition) is 2. The number of hydrogen-bond donors (Lipinski definition) is 1. The van der Waals surface area contributed by atoms with E-state index in [4.69, 9.17) is 5.73 Å². The summed E-state index contributed by atoms with van der Waals surface area (Å²) in [5, 5.41) is 2.40. The van der Waals surface area contributed by atoms with Gasteiger partial charge in [-0.2, -0.15) is 0 Å². The average Bonchev–Trinajstić information content (AvgIpc) is 2.26. The van der Waals surface area contributed by atoms with Gasteiger partial charge in [0, 0.05) is 18.1 Å². The number of rotatable bonds is 1. The Labute approximate surface area is 96.5 Å². The molecule has 0 saturated heterocycles. The second-order valence-corrected chi connectivity index (χ2v) is 5.19. The van der Waals surface area contributed by atoms with Gasteiger partial charge in [0.1, 0.15) is 0 Å². The minimum absolute atomic E-state index is 0.181. The quantitative estimate of drug-likeness (QED) is 0.792. The second-order valence-electron chi connectivity index (χ2n) is 5.19. The molecule has 84 valence electrons. The molecule has 0 saturated carbocycles. The lowest BCUT2D eigenvalue weighted by Crippen LogP contribution is -2.10. The molecule has 2 rings (SSSR count). The molecule has 0 aliphatic carbocycles. The van der Waals surface area contributed by atoms with Crippen LogP contribution in [0, 0.1) is 0 Å². The Bertz CT molecular complexity index is 510. The third-order valence-electron chi connectivity index (χ3n) is 2.85. The van der Waals surface area contributed by atoms with Gasteiger partial charge in [0.15, 0.2) is 0 Å². The van der Waals surface area contributed by atoms with E-state index in [1.165, 1.54) is 16.3 Å². The maximum atomic E-state index is 5.60. The molecule has 0 unspecified atom stereocenters. The van der Waals surface area contributed by atoms with E-state index in [0.29, 0.717) is 6.54 Å². The first-order valence-electron chi connectivity index (χ1n) is 5.60. The van der Waals surface area contributed by atoms with Crippen molar-refractivity contribution >= 4 is 10.8 Å². The Hall–Kier alpha value is -1.41. The number of nitrogens with zero attached hydrogens (tertiary/aromatic N) is 1. The summed E-state index contributed by atoms with van der Waals surface area (Å²) >= 11 is 0. The fraction of sp³-hybridized carbons (Fsp3) is 0.357. The van der Waals surface area contributed by atoms with Crippen LogP contribution in [-0.2, 0) is 12.0 Å². The maximum absolute atomic E-state index is 5.60. The molecular formula is C14H18N2. The van der Waals surface area contributed by atoms with Crippen LogP contribution in [0.4, 0.5) is 0 Å². The minimum atomic E-state index is 0.181. The van der Waals surface area contributed by atoms with E-state index in [0.717, 1.165) is 5.69 Å². The van der Waals surface area contributed by atoms with E-state index in [-0.39, 0.29) is 5.41 Å². The van der Waals surface area contributed by atoms with Gasteiger partial charge in [-0.25, -0.2) is 0 Å².